The van der Waals surface area contributed by atoms with Crippen molar-refractivity contribution in [3.8, 4) is 0 Å². The van der Waals surface area contributed by atoms with Crippen molar-refractivity contribution in [1.82, 2.24) is 9.38 Å². The van der Waals surface area contributed by atoms with Crippen LogP contribution >= 0.6 is 0 Å². The van der Waals surface area contributed by atoms with E-state index >= 15 is 0 Å². The van der Waals surface area contributed by atoms with Gasteiger partial charge in [0.1, 0.15) is 17.0 Å². The molecular weight excluding hydrogens is 368 g/mol. The Morgan fingerprint density at radius 3 is 2.52 bits per heavy atom. The molecule has 0 aliphatic rings. The van der Waals surface area contributed by atoms with E-state index in [0.29, 0.717) is 43.3 Å². The van der Waals surface area contributed by atoms with E-state index < -0.39 is 0 Å². The summed E-state index contributed by atoms with van der Waals surface area (Å²) < 4.78 is 12.7. The number of anilines is 1. The Bertz CT molecular complexity index is 859. The van der Waals surface area contributed by atoms with Crippen LogP contribution < -0.4 is 10.9 Å². The van der Waals surface area contributed by atoms with Crippen LogP contribution in [0.5, 0.6) is 0 Å². The Labute approximate surface area is 173 Å². The summed E-state index contributed by atoms with van der Waals surface area (Å²) in [7, 11) is 0. The molecule has 2 aromatic heterocycles. The van der Waals surface area contributed by atoms with Gasteiger partial charge in [0.25, 0.3) is 5.56 Å². The molecule has 160 valence electrons. The van der Waals surface area contributed by atoms with E-state index in [4.69, 9.17) is 9.47 Å². The molecule has 0 aliphatic heterocycles. The quantitative estimate of drug-likeness (QED) is 0.435. The molecule has 0 aliphatic carbocycles. The van der Waals surface area contributed by atoms with Crippen LogP contribution in [-0.2, 0) is 9.47 Å². The topological polar surface area (TPSA) is 77.2 Å². The molecule has 2 aromatic rings. The zero-order valence-electron chi connectivity index (χ0n) is 18.3. The number of aryl methyl sites for hydroxylation is 1. The van der Waals surface area contributed by atoms with Gasteiger partial charge in [-0.3, -0.25) is 14.2 Å². The highest BCUT2D eigenvalue weighted by Crippen LogP contribution is 2.10. The van der Waals surface area contributed by atoms with Gasteiger partial charge < -0.3 is 14.8 Å². The molecule has 7 nitrogen and oxygen atoms in total. The third kappa shape index (κ3) is 7.59. The number of fused-ring (bicyclic) bond motifs is 1. The van der Waals surface area contributed by atoms with Crippen LogP contribution in [0.3, 0.4) is 0 Å². The first-order valence-electron chi connectivity index (χ1n) is 10.4. The van der Waals surface area contributed by atoms with Crippen molar-refractivity contribution < 1.29 is 9.47 Å². The molecule has 0 aromatic carbocycles. The second-order valence-electron chi connectivity index (χ2n) is 7.62. The van der Waals surface area contributed by atoms with Gasteiger partial charge in [0.05, 0.1) is 12.2 Å². The number of aromatic nitrogens is 2. The number of pyridine rings is 1. The highest BCUT2D eigenvalue weighted by atomic mass is 16.5. The van der Waals surface area contributed by atoms with E-state index in [1.165, 1.54) is 0 Å². The predicted octanol–water partition coefficient (Wildman–Crippen LogP) is 3.46. The summed E-state index contributed by atoms with van der Waals surface area (Å²) in [5.74, 6) is 0.561. The second kappa shape index (κ2) is 11.7. The molecule has 7 heteroatoms. The normalized spacial score (nSPS) is 12.0. The van der Waals surface area contributed by atoms with E-state index in [0.717, 1.165) is 18.4 Å². The van der Waals surface area contributed by atoms with Crippen LogP contribution in [0.15, 0.2) is 28.1 Å². The molecule has 0 atom stereocenters. The van der Waals surface area contributed by atoms with Crippen LogP contribution in [0.1, 0.15) is 51.7 Å². The maximum atomic E-state index is 13.0. The lowest BCUT2D eigenvalue weighted by Gasteiger charge is -2.12. The molecule has 0 fully saturated rings. The first-order chi connectivity index (χ1) is 13.9. The van der Waals surface area contributed by atoms with Gasteiger partial charge in [0.2, 0.25) is 0 Å². The monoisotopic (exact) mass is 402 g/mol. The Kier molecular flexibility index (Phi) is 9.28. The fourth-order valence-corrected chi connectivity index (χ4v) is 2.74. The van der Waals surface area contributed by atoms with Crippen molar-refractivity contribution >= 4 is 17.7 Å². The first kappa shape index (κ1) is 23.0. The lowest BCUT2D eigenvalue weighted by molar-refractivity contribution is 0.0782. The standard InChI is InChI=1S/C22H34N4O3/c1-16(2)28-12-6-10-23-14-19-21(24-11-7-13-29-17(3)4)25-20-9-8-18(5)15-26(20)22(19)27/h8-9,14-17,24H,6-7,10-13H2,1-5H3. The molecular formula is C22H34N4O3. The molecule has 1 N–H and O–H groups in total. The van der Waals surface area contributed by atoms with E-state index in [1.54, 1.807) is 16.8 Å². The summed E-state index contributed by atoms with van der Waals surface area (Å²) in [6.07, 6.45) is 5.50. The number of hydrogen-bond acceptors (Lipinski definition) is 6. The van der Waals surface area contributed by atoms with E-state index in [9.17, 15) is 4.79 Å². The third-order valence-corrected chi connectivity index (χ3v) is 4.17. The van der Waals surface area contributed by atoms with Crippen LogP contribution in [0.25, 0.3) is 5.65 Å². The minimum Gasteiger partial charge on any atom is -0.379 e. The fraction of sp³-hybridized carbons (Fsp3) is 0.591. The minimum absolute atomic E-state index is 0.123. The Hall–Kier alpha value is -2.25. The van der Waals surface area contributed by atoms with E-state index in [2.05, 4.69) is 15.3 Å². The van der Waals surface area contributed by atoms with Gasteiger partial charge in [-0.1, -0.05) is 6.07 Å². The highest BCUT2D eigenvalue weighted by molar-refractivity contribution is 5.86. The summed E-state index contributed by atoms with van der Waals surface area (Å²) >= 11 is 0. The van der Waals surface area contributed by atoms with Crippen molar-refractivity contribution in [2.45, 2.75) is 59.7 Å². The van der Waals surface area contributed by atoms with E-state index in [1.807, 2.05) is 46.8 Å². The largest absolute Gasteiger partial charge is 0.379 e. The Morgan fingerprint density at radius 1 is 1.14 bits per heavy atom. The maximum absolute atomic E-state index is 13.0. The lowest BCUT2D eigenvalue weighted by atomic mass is 10.2. The average Bonchev–Trinajstić information content (AvgIpc) is 2.66. The lowest BCUT2D eigenvalue weighted by Crippen LogP contribution is -2.23. The fourth-order valence-electron chi connectivity index (χ4n) is 2.74. The van der Waals surface area contributed by atoms with Gasteiger partial charge in [-0.2, -0.15) is 0 Å². The molecule has 0 bridgehead atoms. The smallest absolute Gasteiger partial charge is 0.268 e. The van der Waals surface area contributed by atoms with Crippen LogP contribution in [0.4, 0.5) is 5.82 Å². The second-order valence-corrected chi connectivity index (χ2v) is 7.62. The van der Waals surface area contributed by atoms with Gasteiger partial charge in [0.15, 0.2) is 0 Å². The molecule has 0 spiro atoms. The minimum atomic E-state index is -0.123. The summed E-state index contributed by atoms with van der Waals surface area (Å²) in [6, 6.07) is 3.80. The van der Waals surface area contributed by atoms with Crippen molar-refractivity contribution in [3.63, 3.8) is 0 Å². The Balaban J connectivity index is 2.15. The summed E-state index contributed by atoms with van der Waals surface area (Å²) in [5, 5.41) is 3.28. The van der Waals surface area contributed by atoms with Gasteiger partial charge in [-0.15, -0.1) is 0 Å². The first-order valence-corrected chi connectivity index (χ1v) is 10.4. The maximum Gasteiger partial charge on any atom is 0.268 e. The molecule has 0 amide bonds. The van der Waals surface area contributed by atoms with Gasteiger partial charge in [-0.05, 0) is 59.1 Å². The zero-order valence-corrected chi connectivity index (χ0v) is 18.3. The number of nitrogens with zero attached hydrogens (tertiary/aromatic N) is 3. The third-order valence-electron chi connectivity index (χ3n) is 4.17. The number of ether oxygens (including phenoxy) is 2. The van der Waals surface area contributed by atoms with Crippen LogP contribution in [0, 0.1) is 6.92 Å². The summed E-state index contributed by atoms with van der Waals surface area (Å²) in [4.78, 5) is 22.1. The SMILES string of the molecule is Cc1ccc2nc(NCCCOC(C)C)c(C=NCCCOC(C)C)c(=O)n2c1. The molecule has 2 rings (SSSR count). The van der Waals surface area contributed by atoms with Gasteiger partial charge in [-0.25, -0.2) is 4.98 Å². The molecule has 0 radical (unpaired) electrons. The van der Waals surface area contributed by atoms with E-state index in [-0.39, 0.29) is 17.8 Å². The van der Waals surface area contributed by atoms with Crippen molar-refractivity contribution in [2.75, 3.05) is 31.6 Å². The number of nitrogens with one attached hydrogen (secondary N) is 1. The van der Waals surface area contributed by atoms with Crippen LogP contribution in [-0.4, -0.2) is 54.1 Å². The number of hydrogen-bond donors (Lipinski definition) is 1. The summed E-state index contributed by atoms with van der Waals surface area (Å²) in [6.45, 7) is 12.6. The van der Waals surface area contributed by atoms with Gasteiger partial charge in [0, 0.05) is 38.7 Å². The molecule has 2 heterocycles. The number of aliphatic imine (C=N–C) groups is 1. The van der Waals surface area contributed by atoms with Crippen LogP contribution in [0.2, 0.25) is 0 Å². The molecule has 0 saturated carbocycles. The molecule has 29 heavy (non-hydrogen) atoms. The van der Waals surface area contributed by atoms with Gasteiger partial charge >= 0.3 is 0 Å². The zero-order chi connectivity index (χ0) is 21.2. The average molecular weight is 403 g/mol. The Morgan fingerprint density at radius 2 is 1.83 bits per heavy atom. The van der Waals surface area contributed by atoms with Crippen molar-refractivity contribution in [2.24, 2.45) is 4.99 Å². The van der Waals surface area contributed by atoms with Crippen molar-refractivity contribution in [3.05, 3.63) is 39.8 Å². The number of rotatable bonds is 12. The van der Waals surface area contributed by atoms with Crippen molar-refractivity contribution in [1.29, 1.82) is 0 Å². The highest BCUT2D eigenvalue weighted by Gasteiger charge is 2.11. The molecule has 0 unspecified atom stereocenters. The molecule has 0 saturated heterocycles. The summed E-state index contributed by atoms with van der Waals surface area (Å²) in [5.41, 5.74) is 1.97. The predicted molar refractivity (Wildman–Crippen MR) is 119 cm³/mol.